The summed E-state index contributed by atoms with van der Waals surface area (Å²) in [6, 6.07) is 4.03. The van der Waals surface area contributed by atoms with Gasteiger partial charge in [-0.1, -0.05) is 5.21 Å². The minimum Gasteiger partial charge on any atom is -0.366 e. The lowest BCUT2D eigenvalue weighted by Crippen LogP contribution is -2.41. The molecule has 8 nitrogen and oxygen atoms in total. The summed E-state index contributed by atoms with van der Waals surface area (Å²) in [4.78, 5) is 18.7. The van der Waals surface area contributed by atoms with E-state index in [-0.39, 0.29) is 18.0 Å². The van der Waals surface area contributed by atoms with Crippen molar-refractivity contribution in [2.24, 2.45) is 5.92 Å². The van der Waals surface area contributed by atoms with Gasteiger partial charge >= 0.3 is 0 Å². The van der Waals surface area contributed by atoms with Gasteiger partial charge in [-0.05, 0) is 31.7 Å². The predicted molar refractivity (Wildman–Crippen MR) is 94.2 cm³/mol. The molecule has 2 aliphatic rings. The highest BCUT2D eigenvalue weighted by atomic mass is 16.1. The number of nitrogens with one attached hydrogen (secondary N) is 1. The number of aryl methyl sites for hydroxylation is 1. The first-order valence-corrected chi connectivity index (χ1v) is 8.91. The van der Waals surface area contributed by atoms with Crippen LogP contribution in [0.3, 0.4) is 0 Å². The summed E-state index contributed by atoms with van der Waals surface area (Å²) in [5.41, 5.74) is 2.25. The van der Waals surface area contributed by atoms with E-state index in [1.165, 1.54) is 0 Å². The fourth-order valence-corrected chi connectivity index (χ4v) is 3.53. The first-order chi connectivity index (χ1) is 12.6. The topological polar surface area (TPSA) is 99.7 Å². The van der Waals surface area contributed by atoms with Crippen molar-refractivity contribution < 1.29 is 4.79 Å². The number of nitrogens with zero attached hydrogens (tertiary/aromatic N) is 6. The Morgan fingerprint density at radius 3 is 2.96 bits per heavy atom. The number of pyridine rings is 1. The zero-order chi connectivity index (χ0) is 18.1. The van der Waals surface area contributed by atoms with Crippen molar-refractivity contribution >= 4 is 11.6 Å². The van der Waals surface area contributed by atoms with Gasteiger partial charge in [0.15, 0.2) is 0 Å². The molecule has 1 saturated carbocycles. The molecule has 4 rings (SSSR count). The first-order valence-electron chi connectivity index (χ1n) is 8.91. The lowest BCUT2D eigenvalue weighted by atomic mass is 10.1. The molecule has 0 aromatic carbocycles. The summed E-state index contributed by atoms with van der Waals surface area (Å²) in [5.74, 6) is 0.640. The van der Waals surface area contributed by atoms with Crippen molar-refractivity contribution in [1.29, 1.82) is 5.26 Å². The number of carbonyl (C=O) groups is 1. The smallest absolute Gasteiger partial charge is 0.220 e. The van der Waals surface area contributed by atoms with E-state index in [1.807, 2.05) is 19.2 Å². The average molecular weight is 351 g/mol. The second-order valence-corrected chi connectivity index (χ2v) is 7.13. The lowest BCUT2D eigenvalue weighted by Gasteiger charge is -2.20. The first kappa shape index (κ1) is 16.5. The van der Waals surface area contributed by atoms with Crippen molar-refractivity contribution in [3.63, 3.8) is 0 Å². The molecule has 26 heavy (non-hydrogen) atoms. The normalized spacial score (nSPS) is 22.2. The number of hydrogen-bond acceptors (Lipinski definition) is 6. The van der Waals surface area contributed by atoms with Gasteiger partial charge < -0.3 is 10.2 Å². The van der Waals surface area contributed by atoms with E-state index in [4.69, 9.17) is 0 Å². The maximum absolute atomic E-state index is 12.3. The molecule has 0 unspecified atom stereocenters. The Morgan fingerprint density at radius 1 is 1.42 bits per heavy atom. The van der Waals surface area contributed by atoms with Gasteiger partial charge in [-0.3, -0.25) is 9.78 Å². The largest absolute Gasteiger partial charge is 0.366 e. The highest BCUT2D eigenvalue weighted by molar-refractivity contribution is 5.77. The van der Waals surface area contributed by atoms with Crippen LogP contribution in [0.15, 0.2) is 24.7 Å². The van der Waals surface area contributed by atoms with E-state index in [9.17, 15) is 10.1 Å². The minimum atomic E-state index is -0.0806. The quantitative estimate of drug-likeness (QED) is 0.869. The van der Waals surface area contributed by atoms with Crippen molar-refractivity contribution in [3.05, 3.63) is 35.9 Å². The molecular weight excluding hydrogens is 330 g/mol. The molecule has 134 valence electrons. The van der Waals surface area contributed by atoms with Crippen LogP contribution < -0.4 is 10.2 Å². The zero-order valence-corrected chi connectivity index (χ0v) is 14.7. The predicted octanol–water partition coefficient (Wildman–Crippen LogP) is 1.20. The summed E-state index contributed by atoms with van der Waals surface area (Å²) in [5, 5.41) is 20.6. The van der Waals surface area contributed by atoms with Gasteiger partial charge in [0.1, 0.15) is 6.07 Å². The van der Waals surface area contributed by atoms with Crippen molar-refractivity contribution in [2.75, 3.05) is 18.0 Å². The summed E-state index contributed by atoms with van der Waals surface area (Å²) in [6.45, 7) is 3.18. The molecule has 1 amide bonds. The third-order valence-corrected chi connectivity index (χ3v) is 5.07. The molecule has 2 aromatic heterocycles. The summed E-state index contributed by atoms with van der Waals surface area (Å²) < 4.78 is 1.79. The summed E-state index contributed by atoms with van der Waals surface area (Å²) in [7, 11) is 0. The molecule has 2 atom stereocenters. The molecular formula is C18H21N7O. The second-order valence-electron chi connectivity index (χ2n) is 7.13. The van der Waals surface area contributed by atoms with Crippen LogP contribution in [0, 0.1) is 24.2 Å². The molecule has 3 heterocycles. The van der Waals surface area contributed by atoms with Gasteiger partial charge in [-0.25, -0.2) is 4.68 Å². The monoisotopic (exact) mass is 351 g/mol. The van der Waals surface area contributed by atoms with Crippen LogP contribution in [-0.4, -0.2) is 45.0 Å². The Labute approximate surface area is 151 Å². The summed E-state index contributed by atoms with van der Waals surface area (Å²) in [6.07, 6.45) is 7.96. The van der Waals surface area contributed by atoms with E-state index >= 15 is 0 Å². The SMILES string of the molecule is Cc1cc(N2C[C@@H](NC(=O)CC3CC3)[C@@H](n3ccnn3)C2)c(C#N)cn1. The Hall–Kier alpha value is -2.95. The van der Waals surface area contributed by atoms with E-state index in [1.54, 1.807) is 17.1 Å². The zero-order valence-electron chi connectivity index (χ0n) is 14.7. The average Bonchev–Trinajstić information content (AvgIpc) is 3.11. The Balaban J connectivity index is 1.57. The van der Waals surface area contributed by atoms with Crippen LogP contribution in [0.25, 0.3) is 0 Å². The molecule has 8 heteroatoms. The standard InChI is InChI=1S/C18H21N7O/c1-12-6-16(14(8-19)9-20-12)24-10-15(22-18(26)7-13-2-3-13)17(11-24)25-5-4-21-23-25/h4-6,9,13,15,17H,2-3,7,10-11H2,1H3,(H,22,26)/t15-,17+/m1/s1. The Kier molecular flexibility index (Phi) is 4.29. The maximum atomic E-state index is 12.3. The van der Waals surface area contributed by atoms with Gasteiger partial charge in [0, 0.05) is 37.6 Å². The van der Waals surface area contributed by atoms with Gasteiger partial charge in [0.25, 0.3) is 0 Å². The van der Waals surface area contributed by atoms with Crippen LogP contribution in [0.1, 0.15) is 36.6 Å². The van der Waals surface area contributed by atoms with E-state index in [0.717, 1.165) is 24.2 Å². The van der Waals surface area contributed by atoms with E-state index in [0.29, 0.717) is 31.0 Å². The van der Waals surface area contributed by atoms with Gasteiger partial charge in [0.05, 0.1) is 29.5 Å². The Bertz CT molecular complexity index is 838. The molecule has 1 saturated heterocycles. The Morgan fingerprint density at radius 2 is 2.27 bits per heavy atom. The number of aromatic nitrogens is 4. The molecule has 0 spiro atoms. The number of rotatable bonds is 5. The van der Waals surface area contributed by atoms with E-state index in [2.05, 4.69) is 31.6 Å². The molecule has 1 aliphatic carbocycles. The molecule has 0 radical (unpaired) electrons. The van der Waals surface area contributed by atoms with Crippen LogP contribution in [0.5, 0.6) is 0 Å². The van der Waals surface area contributed by atoms with Crippen molar-refractivity contribution in [1.82, 2.24) is 25.3 Å². The maximum Gasteiger partial charge on any atom is 0.220 e. The van der Waals surface area contributed by atoms with Crippen LogP contribution >= 0.6 is 0 Å². The highest BCUT2D eigenvalue weighted by Crippen LogP contribution is 2.33. The molecule has 1 aliphatic heterocycles. The van der Waals surface area contributed by atoms with E-state index < -0.39 is 0 Å². The number of anilines is 1. The van der Waals surface area contributed by atoms with Crippen LogP contribution in [-0.2, 0) is 4.79 Å². The fourth-order valence-electron chi connectivity index (χ4n) is 3.53. The lowest BCUT2D eigenvalue weighted by molar-refractivity contribution is -0.122. The molecule has 1 N–H and O–H groups in total. The van der Waals surface area contributed by atoms with Crippen molar-refractivity contribution in [2.45, 2.75) is 38.3 Å². The molecule has 0 bridgehead atoms. The third-order valence-electron chi connectivity index (χ3n) is 5.07. The van der Waals surface area contributed by atoms with Gasteiger partial charge in [-0.2, -0.15) is 5.26 Å². The van der Waals surface area contributed by atoms with Gasteiger partial charge in [0.2, 0.25) is 5.91 Å². The highest BCUT2D eigenvalue weighted by Gasteiger charge is 2.37. The number of carbonyl (C=O) groups excluding carboxylic acids is 1. The fraction of sp³-hybridized carbons (Fsp3) is 0.500. The minimum absolute atomic E-state index is 0.0272. The van der Waals surface area contributed by atoms with Gasteiger partial charge in [-0.15, -0.1) is 5.10 Å². The molecule has 2 fully saturated rings. The van der Waals surface area contributed by atoms with Crippen LogP contribution in [0.4, 0.5) is 5.69 Å². The number of nitriles is 1. The summed E-state index contributed by atoms with van der Waals surface area (Å²) >= 11 is 0. The van der Waals surface area contributed by atoms with Crippen LogP contribution in [0.2, 0.25) is 0 Å². The van der Waals surface area contributed by atoms with Crippen molar-refractivity contribution in [3.8, 4) is 6.07 Å². The third kappa shape index (κ3) is 3.38. The second kappa shape index (κ2) is 6.75. The number of amides is 1. The molecule has 2 aromatic rings. The number of hydrogen-bond donors (Lipinski definition) is 1.